The van der Waals surface area contributed by atoms with Crippen molar-refractivity contribution in [1.29, 1.82) is 0 Å². The number of primary sulfonamides is 1. The summed E-state index contributed by atoms with van der Waals surface area (Å²) in [4.78, 5) is -0.602. The molecule has 0 amide bonds. The van der Waals surface area contributed by atoms with E-state index in [4.69, 9.17) is 5.14 Å². The third-order valence-electron chi connectivity index (χ3n) is 3.47. The highest BCUT2D eigenvalue weighted by Crippen LogP contribution is 2.31. The van der Waals surface area contributed by atoms with Crippen molar-refractivity contribution in [3.05, 3.63) is 24.3 Å². The van der Waals surface area contributed by atoms with Crippen LogP contribution in [0.3, 0.4) is 0 Å². The average Bonchev–Trinajstić information content (AvgIpc) is 2.68. The van der Waals surface area contributed by atoms with E-state index in [0.717, 1.165) is 6.42 Å². The van der Waals surface area contributed by atoms with Crippen molar-refractivity contribution in [2.24, 2.45) is 11.1 Å². The van der Waals surface area contributed by atoms with E-state index in [-0.39, 0.29) is 21.8 Å². The van der Waals surface area contributed by atoms with Gasteiger partial charge in [-0.1, -0.05) is 19.1 Å². The molecule has 8 heteroatoms. The third kappa shape index (κ3) is 2.73. The molecule has 6 nitrogen and oxygen atoms in total. The van der Waals surface area contributed by atoms with Crippen LogP contribution in [0.25, 0.3) is 0 Å². The standard InChI is InChI=1S/C12H18N2O4S2/c1-9-7-10(2)14(8-9)20(17,18)12-6-4-3-5-11(12)19(13,15)16/h3-6,9-10H,7-8H2,1-2H3,(H2,13,15,16). The molecule has 1 aromatic carbocycles. The van der Waals surface area contributed by atoms with Gasteiger partial charge < -0.3 is 0 Å². The number of sulfonamides is 2. The number of hydrogen-bond donors (Lipinski definition) is 1. The Morgan fingerprint density at radius 1 is 1.10 bits per heavy atom. The molecule has 1 fully saturated rings. The molecule has 1 aliphatic heterocycles. The van der Waals surface area contributed by atoms with Gasteiger partial charge in [0.25, 0.3) is 0 Å². The van der Waals surface area contributed by atoms with Crippen molar-refractivity contribution in [2.45, 2.75) is 36.1 Å². The van der Waals surface area contributed by atoms with E-state index in [1.807, 2.05) is 13.8 Å². The van der Waals surface area contributed by atoms with Crippen LogP contribution in [0.15, 0.2) is 34.1 Å². The highest BCUT2D eigenvalue weighted by molar-refractivity contribution is 7.92. The number of benzene rings is 1. The van der Waals surface area contributed by atoms with Crippen molar-refractivity contribution in [3.8, 4) is 0 Å². The van der Waals surface area contributed by atoms with Gasteiger partial charge in [-0.2, -0.15) is 4.31 Å². The van der Waals surface area contributed by atoms with E-state index >= 15 is 0 Å². The first kappa shape index (κ1) is 15.4. The van der Waals surface area contributed by atoms with Gasteiger partial charge in [-0.25, -0.2) is 22.0 Å². The van der Waals surface area contributed by atoms with Crippen molar-refractivity contribution < 1.29 is 16.8 Å². The van der Waals surface area contributed by atoms with E-state index in [9.17, 15) is 16.8 Å². The molecule has 112 valence electrons. The van der Waals surface area contributed by atoms with Gasteiger partial charge in [-0.3, -0.25) is 0 Å². The molecule has 0 aromatic heterocycles. The van der Waals surface area contributed by atoms with E-state index < -0.39 is 20.0 Å². The van der Waals surface area contributed by atoms with Gasteiger partial charge in [0.1, 0.15) is 9.79 Å². The monoisotopic (exact) mass is 318 g/mol. The van der Waals surface area contributed by atoms with E-state index in [2.05, 4.69) is 0 Å². The fourth-order valence-corrected chi connectivity index (χ4v) is 5.74. The van der Waals surface area contributed by atoms with Crippen LogP contribution in [0.2, 0.25) is 0 Å². The zero-order valence-electron chi connectivity index (χ0n) is 11.4. The molecule has 2 atom stereocenters. The predicted octanol–water partition coefficient (Wildman–Crippen LogP) is 0.753. The Hall–Kier alpha value is -0.960. The lowest BCUT2D eigenvalue weighted by molar-refractivity contribution is 0.404. The molecule has 0 bridgehead atoms. The minimum atomic E-state index is -4.08. The van der Waals surface area contributed by atoms with Crippen molar-refractivity contribution >= 4 is 20.0 Å². The molecule has 0 saturated carbocycles. The van der Waals surface area contributed by atoms with Crippen LogP contribution >= 0.6 is 0 Å². The summed E-state index contributed by atoms with van der Waals surface area (Å²) >= 11 is 0. The number of nitrogens with two attached hydrogens (primary N) is 1. The Kier molecular flexibility index (Phi) is 3.94. The highest BCUT2D eigenvalue weighted by Gasteiger charge is 2.38. The second kappa shape index (κ2) is 5.10. The summed E-state index contributed by atoms with van der Waals surface area (Å²) in [6, 6.07) is 5.29. The molecule has 1 saturated heterocycles. The number of hydrogen-bond acceptors (Lipinski definition) is 4. The van der Waals surface area contributed by atoms with Gasteiger partial charge in [-0.05, 0) is 31.4 Å². The summed E-state index contributed by atoms with van der Waals surface area (Å²) in [5.74, 6) is 0.251. The molecule has 0 radical (unpaired) electrons. The molecule has 2 N–H and O–H groups in total. The molecule has 1 heterocycles. The molecule has 1 aliphatic rings. The summed E-state index contributed by atoms with van der Waals surface area (Å²) < 4.78 is 49.8. The first-order valence-corrected chi connectivity index (χ1v) is 9.26. The topological polar surface area (TPSA) is 97.5 Å². The Morgan fingerprint density at radius 3 is 2.10 bits per heavy atom. The lowest BCUT2D eigenvalue weighted by atomic mass is 10.1. The van der Waals surface area contributed by atoms with E-state index in [1.165, 1.54) is 28.6 Å². The zero-order chi connectivity index (χ0) is 15.1. The SMILES string of the molecule is CC1CC(C)N(S(=O)(=O)c2ccccc2S(N)(=O)=O)C1. The van der Waals surface area contributed by atoms with Gasteiger partial charge in [0, 0.05) is 12.6 Å². The Balaban J connectivity index is 2.57. The molecule has 2 unspecified atom stereocenters. The summed E-state index contributed by atoms with van der Waals surface area (Å²) in [7, 11) is -7.94. The highest BCUT2D eigenvalue weighted by atomic mass is 32.2. The number of nitrogens with zero attached hydrogens (tertiary/aromatic N) is 1. The minimum absolute atomic E-state index is 0.150. The van der Waals surface area contributed by atoms with E-state index in [1.54, 1.807) is 0 Å². The van der Waals surface area contributed by atoms with Gasteiger partial charge in [0.05, 0.1) is 0 Å². The molecule has 1 aromatic rings. The summed E-state index contributed by atoms with van der Waals surface area (Å²) in [6.07, 6.45) is 0.761. The lowest BCUT2D eigenvalue weighted by Crippen LogP contribution is -2.35. The quantitative estimate of drug-likeness (QED) is 0.889. The molecular formula is C12H18N2O4S2. The Bertz CT molecular complexity index is 713. The summed E-state index contributed by atoms with van der Waals surface area (Å²) in [5.41, 5.74) is 0. The molecule has 0 spiro atoms. The molecule has 0 aliphatic carbocycles. The van der Waals surface area contributed by atoms with Crippen molar-refractivity contribution in [2.75, 3.05) is 6.54 Å². The van der Waals surface area contributed by atoms with Crippen LogP contribution in [0.1, 0.15) is 20.3 Å². The van der Waals surface area contributed by atoms with Crippen LogP contribution in [0, 0.1) is 5.92 Å². The fraction of sp³-hybridized carbons (Fsp3) is 0.500. The van der Waals surface area contributed by atoms with Crippen LogP contribution in [0.5, 0.6) is 0 Å². The van der Waals surface area contributed by atoms with Crippen LogP contribution in [-0.4, -0.2) is 33.7 Å². The number of rotatable bonds is 3. The van der Waals surface area contributed by atoms with Gasteiger partial charge >= 0.3 is 0 Å². The molecular weight excluding hydrogens is 300 g/mol. The predicted molar refractivity (Wildman–Crippen MR) is 75.0 cm³/mol. The summed E-state index contributed by atoms with van der Waals surface area (Å²) in [6.45, 7) is 4.18. The van der Waals surface area contributed by atoms with E-state index in [0.29, 0.717) is 6.54 Å². The van der Waals surface area contributed by atoms with Gasteiger partial charge in [-0.15, -0.1) is 0 Å². The van der Waals surface area contributed by atoms with Gasteiger partial charge in [0.15, 0.2) is 0 Å². The molecule has 2 rings (SSSR count). The third-order valence-corrected chi connectivity index (χ3v) is 6.61. The largest absolute Gasteiger partial charge is 0.244 e. The second-order valence-corrected chi connectivity index (χ2v) is 8.65. The lowest BCUT2D eigenvalue weighted by Gasteiger charge is -2.22. The van der Waals surface area contributed by atoms with Crippen LogP contribution in [0.4, 0.5) is 0 Å². The molecule has 20 heavy (non-hydrogen) atoms. The van der Waals surface area contributed by atoms with Crippen molar-refractivity contribution in [1.82, 2.24) is 4.31 Å². The maximum Gasteiger partial charge on any atom is 0.244 e. The Morgan fingerprint density at radius 2 is 1.65 bits per heavy atom. The maximum absolute atomic E-state index is 12.7. The normalized spacial score (nSPS) is 24.9. The maximum atomic E-state index is 12.7. The fourth-order valence-electron chi connectivity index (χ4n) is 2.62. The first-order valence-electron chi connectivity index (χ1n) is 6.27. The smallest absolute Gasteiger partial charge is 0.225 e. The Labute approximate surface area is 119 Å². The second-order valence-electron chi connectivity index (χ2n) is 5.26. The van der Waals surface area contributed by atoms with Gasteiger partial charge in [0.2, 0.25) is 20.0 Å². The minimum Gasteiger partial charge on any atom is -0.225 e. The average molecular weight is 318 g/mol. The summed E-state index contributed by atoms with van der Waals surface area (Å²) in [5, 5.41) is 5.10. The van der Waals surface area contributed by atoms with Crippen LogP contribution < -0.4 is 5.14 Å². The van der Waals surface area contributed by atoms with Crippen LogP contribution in [-0.2, 0) is 20.0 Å². The van der Waals surface area contributed by atoms with Crippen molar-refractivity contribution in [3.63, 3.8) is 0 Å². The zero-order valence-corrected chi connectivity index (χ0v) is 13.0. The first-order chi connectivity index (χ1) is 9.14.